The van der Waals surface area contributed by atoms with Crippen molar-refractivity contribution in [2.24, 2.45) is 0 Å². The van der Waals surface area contributed by atoms with Gasteiger partial charge < -0.3 is 14.8 Å². The van der Waals surface area contributed by atoms with Crippen LogP contribution in [0, 0.1) is 19.7 Å². The molecule has 2 aromatic heterocycles. The number of hydrogen-bond acceptors (Lipinski definition) is 5. The van der Waals surface area contributed by atoms with Crippen LogP contribution in [0.5, 0.6) is 0 Å². The maximum Gasteiger partial charge on any atom is 0.257 e. The maximum absolute atomic E-state index is 13.4. The summed E-state index contributed by atoms with van der Waals surface area (Å²) in [5.74, 6) is 0.683. The van der Waals surface area contributed by atoms with E-state index in [9.17, 15) is 14.0 Å². The van der Waals surface area contributed by atoms with Gasteiger partial charge in [-0.3, -0.25) is 9.59 Å². The molecule has 2 N–H and O–H groups in total. The summed E-state index contributed by atoms with van der Waals surface area (Å²) in [4.78, 5) is 32.5. The predicted molar refractivity (Wildman–Crippen MR) is 108 cm³/mol. The second kappa shape index (κ2) is 8.22. The Kier molecular flexibility index (Phi) is 5.48. The number of aromatic nitrogens is 3. The number of amides is 1. The Hall–Kier alpha value is -3.29. The van der Waals surface area contributed by atoms with Gasteiger partial charge in [0.1, 0.15) is 23.0 Å². The summed E-state index contributed by atoms with van der Waals surface area (Å²) in [5.41, 5.74) is 1.94. The van der Waals surface area contributed by atoms with E-state index in [2.05, 4.69) is 20.4 Å². The lowest BCUT2D eigenvalue weighted by Gasteiger charge is -2.25. The minimum absolute atomic E-state index is 0.211. The fourth-order valence-corrected chi connectivity index (χ4v) is 3.70. The number of benzene rings is 1. The Balaban J connectivity index is 1.64. The van der Waals surface area contributed by atoms with Gasteiger partial charge in [0.15, 0.2) is 0 Å². The van der Waals surface area contributed by atoms with E-state index in [0.29, 0.717) is 40.5 Å². The van der Waals surface area contributed by atoms with Gasteiger partial charge in [0, 0.05) is 18.4 Å². The number of halogens is 1. The van der Waals surface area contributed by atoms with Crippen molar-refractivity contribution in [3.8, 4) is 0 Å². The fourth-order valence-electron chi connectivity index (χ4n) is 3.70. The molecule has 1 fully saturated rings. The van der Waals surface area contributed by atoms with Crippen LogP contribution in [-0.2, 0) is 6.42 Å². The van der Waals surface area contributed by atoms with Crippen molar-refractivity contribution in [2.75, 3.05) is 0 Å². The minimum atomic E-state index is -0.504. The maximum atomic E-state index is 13.4. The number of aryl methyl sites for hydroxylation is 2. The van der Waals surface area contributed by atoms with Gasteiger partial charge in [-0.25, -0.2) is 9.37 Å². The monoisotopic (exact) mass is 410 g/mol. The highest BCUT2D eigenvalue weighted by Gasteiger charge is 2.25. The molecule has 1 atom stereocenters. The molecule has 0 bridgehead atoms. The highest BCUT2D eigenvalue weighted by Crippen LogP contribution is 2.34. The highest BCUT2D eigenvalue weighted by molar-refractivity contribution is 5.96. The summed E-state index contributed by atoms with van der Waals surface area (Å²) in [6.07, 6.45) is 3.45. The Labute approximate surface area is 172 Å². The van der Waals surface area contributed by atoms with Crippen LogP contribution in [0.15, 0.2) is 39.6 Å². The van der Waals surface area contributed by atoms with Crippen LogP contribution in [-0.4, -0.2) is 21.0 Å². The largest absolute Gasteiger partial charge is 0.361 e. The van der Waals surface area contributed by atoms with Crippen LogP contribution in [0.25, 0.3) is 0 Å². The molecule has 1 aromatic carbocycles. The van der Waals surface area contributed by atoms with E-state index in [0.717, 1.165) is 19.3 Å². The van der Waals surface area contributed by atoms with Crippen LogP contribution in [0.1, 0.15) is 70.1 Å². The summed E-state index contributed by atoms with van der Waals surface area (Å²) >= 11 is 0. The Morgan fingerprint density at radius 2 is 2.03 bits per heavy atom. The van der Waals surface area contributed by atoms with Gasteiger partial charge in [-0.05, 0) is 44.4 Å². The van der Waals surface area contributed by atoms with Gasteiger partial charge in [-0.2, -0.15) is 0 Å². The molecule has 4 rings (SSSR count). The van der Waals surface area contributed by atoms with E-state index < -0.39 is 6.04 Å². The van der Waals surface area contributed by atoms with Crippen molar-refractivity contribution in [3.63, 3.8) is 0 Å². The normalized spacial score (nSPS) is 14.9. The molecule has 7 nitrogen and oxygen atoms in total. The first kappa shape index (κ1) is 20.0. The lowest BCUT2D eigenvalue weighted by Crippen LogP contribution is -2.31. The van der Waals surface area contributed by atoms with E-state index >= 15 is 0 Å². The number of rotatable bonds is 6. The molecule has 1 aliphatic rings. The Morgan fingerprint density at radius 3 is 2.63 bits per heavy atom. The molecular formula is C22H23FN4O3. The average Bonchev–Trinajstić information content (AvgIpc) is 2.98. The second-order valence-electron chi connectivity index (χ2n) is 7.73. The summed E-state index contributed by atoms with van der Waals surface area (Å²) in [5, 5.41) is 6.80. The van der Waals surface area contributed by atoms with Crippen molar-refractivity contribution < 1.29 is 13.7 Å². The second-order valence-corrected chi connectivity index (χ2v) is 7.73. The molecule has 156 valence electrons. The van der Waals surface area contributed by atoms with E-state index in [1.54, 1.807) is 26.0 Å². The van der Waals surface area contributed by atoms with E-state index in [1.807, 2.05) is 0 Å². The Morgan fingerprint density at radius 1 is 1.30 bits per heavy atom. The molecule has 0 saturated heterocycles. The molecule has 0 aliphatic heterocycles. The van der Waals surface area contributed by atoms with Crippen LogP contribution in [0.4, 0.5) is 4.39 Å². The molecule has 1 saturated carbocycles. The summed E-state index contributed by atoms with van der Waals surface area (Å²) in [7, 11) is 0. The first-order valence-corrected chi connectivity index (χ1v) is 10.00. The van der Waals surface area contributed by atoms with Gasteiger partial charge in [0.05, 0.1) is 17.4 Å². The SMILES string of the molecule is Cc1noc(C)c1C(=O)N[C@H](Cc1cc(=O)[nH]c(C2CCC2)n1)c1ccc(F)cc1. The number of nitrogens with zero attached hydrogens (tertiary/aromatic N) is 2. The third-order valence-corrected chi connectivity index (χ3v) is 5.56. The quantitative estimate of drug-likeness (QED) is 0.648. The van der Waals surface area contributed by atoms with Gasteiger partial charge in [-0.15, -0.1) is 0 Å². The first-order valence-electron chi connectivity index (χ1n) is 10.00. The molecule has 8 heteroatoms. The third kappa shape index (κ3) is 4.17. The van der Waals surface area contributed by atoms with Crippen LogP contribution in [0.2, 0.25) is 0 Å². The number of hydrogen-bond donors (Lipinski definition) is 2. The molecule has 0 spiro atoms. The number of carbonyl (C=O) groups is 1. The summed E-state index contributed by atoms with van der Waals surface area (Å²) in [6, 6.07) is 6.86. The number of H-pyrrole nitrogens is 1. The zero-order valence-corrected chi connectivity index (χ0v) is 16.9. The first-order chi connectivity index (χ1) is 14.4. The number of carbonyl (C=O) groups excluding carboxylic acids is 1. The van der Waals surface area contributed by atoms with E-state index in [-0.39, 0.29) is 23.2 Å². The third-order valence-electron chi connectivity index (χ3n) is 5.56. The minimum Gasteiger partial charge on any atom is -0.361 e. The molecule has 0 radical (unpaired) electrons. The lowest BCUT2D eigenvalue weighted by atomic mass is 9.85. The molecular weight excluding hydrogens is 387 g/mol. The molecule has 1 amide bonds. The lowest BCUT2D eigenvalue weighted by molar-refractivity contribution is 0.0934. The van der Waals surface area contributed by atoms with Crippen LogP contribution in [0.3, 0.4) is 0 Å². The zero-order chi connectivity index (χ0) is 21.3. The molecule has 3 aromatic rings. The van der Waals surface area contributed by atoms with Crippen molar-refractivity contribution in [3.05, 3.63) is 80.6 Å². The van der Waals surface area contributed by atoms with Gasteiger partial charge >= 0.3 is 0 Å². The smallest absolute Gasteiger partial charge is 0.257 e. The predicted octanol–water partition coefficient (Wildman–Crippen LogP) is 3.50. The molecule has 2 heterocycles. The van der Waals surface area contributed by atoms with Crippen molar-refractivity contribution in [2.45, 2.75) is 51.5 Å². The Bertz CT molecular complexity index is 1100. The fraction of sp³-hybridized carbons (Fsp3) is 0.364. The highest BCUT2D eigenvalue weighted by atomic mass is 19.1. The topological polar surface area (TPSA) is 101 Å². The van der Waals surface area contributed by atoms with Crippen LogP contribution >= 0.6 is 0 Å². The number of aromatic amines is 1. The molecule has 1 aliphatic carbocycles. The van der Waals surface area contributed by atoms with Crippen molar-refractivity contribution >= 4 is 5.91 Å². The van der Waals surface area contributed by atoms with Gasteiger partial charge in [-0.1, -0.05) is 23.7 Å². The molecule has 0 unspecified atom stereocenters. The average molecular weight is 410 g/mol. The standard InChI is InChI=1S/C22H23FN4O3/c1-12-20(13(2)30-27-12)22(29)25-18(14-6-8-16(23)9-7-14)10-17-11-19(28)26-21(24-17)15-4-3-5-15/h6-9,11,15,18H,3-5,10H2,1-2H3,(H,25,29)(H,24,26,28)/t18-/m1/s1. The van der Waals surface area contributed by atoms with Gasteiger partial charge in [0.2, 0.25) is 0 Å². The van der Waals surface area contributed by atoms with E-state index in [1.165, 1.54) is 18.2 Å². The van der Waals surface area contributed by atoms with Gasteiger partial charge in [0.25, 0.3) is 11.5 Å². The summed E-state index contributed by atoms with van der Waals surface area (Å²) in [6.45, 7) is 3.37. The van der Waals surface area contributed by atoms with Crippen LogP contribution < -0.4 is 10.9 Å². The van der Waals surface area contributed by atoms with E-state index in [4.69, 9.17) is 4.52 Å². The summed E-state index contributed by atoms with van der Waals surface area (Å²) < 4.78 is 18.5. The zero-order valence-electron chi connectivity index (χ0n) is 16.9. The number of nitrogens with one attached hydrogen (secondary N) is 2. The van der Waals surface area contributed by atoms with Crippen molar-refractivity contribution in [1.29, 1.82) is 0 Å². The van der Waals surface area contributed by atoms with Crippen molar-refractivity contribution in [1.82, 2.24) is 20.4 Å². The molecule has 30 heavy (non-hydrogen) atoms.